The lowest BCUT2D eigenvalue weighted by molar-refractivity contribution is -0.147. The number of nitrogens with zero attached hydrogens (tertiary/aromatic N) is 1. The number of allylic oxidation sites excluding steroid dienone is 1. The molecule has 4 rings (SSSR count). The number of esters is 1. The maximum Gasteiger partial charge on any atom is 0.344 e. The summed E-state index contributed by atoms with van der Waals surface area (Å²) in [7, 11) is 3.94. The van der Waals surface area contributed by atoms with E-state index in [1.807, 2.05) is 73.6 Å². The molecule has 0 saturated carbocycles. The third kappa shape index (κ3) is 4.98. The molecule has 0 radical (unpaired) electrons. The van der Waals surface area contributed by atoms with E-state index in [1.54, 1.807) is 24.3 Å². The van der Waals surface area contributed by atoms with Crippen molar-refractivity contribution in [2.75, 3.05) is 25.6 Å². The van der Waals surface area contributed by atoms with Gasteiger partial charge in [0, 0.05) is 25.8 Å². The van der Waals surface area contributed by atoms with Crippen LogP contribution in [0.25, 0.3) is 6.08 Å². The highest BCUT2D eigenvalue weighted by Gasteiger charge is 2.27. The van der Waals surface area contributed by atoms with E-state index in [-0.39, 0.29) is 24.8 Å². The van der Waals surface area contributed by atoms with Crippen molar-refractivity contribution in [2.24, 2.45) is 0 Å². The van der Waals surface area contributed by atoms with Crippen LogP contribution in [-0.2, 0) is 16.1 Å². The van der Waals surface area contributed by atoms with Gasteiger partial charge in [-0.25, -0.2) is 4.79 Å². The molecule has 0 atom stereocenters. The first-order chi connectivity index (χ1) is 15.5. The van der Waals surface area contributed by atoms with Gasteiger partial charge in [0.1, 0.15) is 18.1 Å². The normalized spacial score (nSPS) is 13.4. The van der Waals surface area contributed by atoms with Crippen LogP contribution in [0.2, 0.25) is 0 Å². The Morgan fingerprint density at radius 2 is 1.75 bits per heavy atom. The van der Waals surface area contributed by atoms with Crippen molar-refractivity contribution in [3.63, 3.8) is 0 Å². The molecule has 1 aliphatic heterocycles. The molecule has 0 fully saturated rings. The Morgan fingerprint density at radius 1 is 1.00 bits per heavy atom. The van der Waals surface area contributed by atoms with Crippen LogP contribution in [0.15, 0.2) is 78.6 Å². The Morgan fingerprint density at radius 3 is 2.47 bits per heavy atom. The van der Waals surface area contributed by atoms with E-state index >= 15 is 0 Å². The van der Waals surface area contributed by atoms with Crippen LogP contribution in [0.3, 0.4) is 0 Å². The first kappa shape index (κ1) is 21.2. The summed E-state index contributed by atoms with van der Waals surface area (Å²) in [6.45, 7) is -0.0466. The number of fused-ring (bicyclic) bond motifs is 1. The van der Waals surface area contributed by atoms with Gasteiger partial charge in [0.05, 0.1) is 5.56 Å². The minimum absolute atomic E-state index is 0.189. The first-order valence-corrected chi connectivity index (χ1v) is 10.2. The molecule has 0 unspecified atom stereocenters. The van der Waals surface area contributed by atoms with Crippen LogP contribution in [0.1, 0.15) is 21.5 Å². The minimum Gasteiger partial charge on any atom is -0.482 e. The number of benzene rings is 3. The molecule has 3 aromatic rings. The second kappa shape index (κ2) is 9.39. The molecule has 0 bridgehead atoms. The molecule has 32 heavy (non-hydrogen) atoms. The van der Waals surface area contributed by atoms with Gasteiger partial charge in [-0.05, 0) is 41.5 Å². The maximum absolute atomic E-state index is 12.7. The predicted molar refractivity (Wildman–Crippen MR) is 122 cm³/mol. The summed E-state index contributed by atoms with van der Waals surface area (Å²) in [6, 6.07) is 22.1. The van der Waals surface area contributed by atoms with E-state index < -0.39 is 5.97 Å². The molecular formula is C26H23NO5. The highest BCUT2D eigenvalue weighted by Crippen LogP contribution is 2.35. The van der Waals surface area contributed by atoms with Crippen molar-refractivity contribution in [1.82, 2.24) is 0 Å². The zero-order valence-corrected chi connectivity index (χ0v) is 17.9. The molecule has 6 heteroatoms. The van der Waals surface area contributed by atoms with Crippen LogP contribution < -0.4 is 14.4 Å². The lowest BCUT2D eigenvalue weighted by atomic mass is 10.1. The first-order valence-electron chi connectivity index (χ1n) is 10.2. The molecular weight excluding hydrogens is 406 g/mol. The van der Waals surface area contributed by atoms with E-state index in [2.05, 4.69) is 0 Å². The molecule has 0 spiro atoms. The predicted octanol–water partition coefficient (Wildman–Crippen LogP) is 4.49. The Bertz CT molecular complexity index is 1150. The van der Waals surface area contributed by atoms with Crippen molar-refractivity contribution in [3.05, 3.63) is 95.2 Å². The molecule has 0 amide bonds. The molecule has 1 aliphatic rings. The summed E-state index contributed by atoms with van der Waals surface area (Å²) in [5, 5.41) is 0. The molecule has 0 aromatic heterocycles. The monoisotopic (exact) mass is 429 g/mol. The van der Waals surface area contributed by atoms with Gasteiger partial charge in [-0.3, -0.25) is 4.79 Å². The van der Waals surface area contributed by atoms with Crippen molar-refractivity contribution in [2.45, 2.75) is 6.61 Å². The molecule has 6 nitrogen and oxygen atoms in total. The smallest absolute Gasteiger partial charge is 0.344 e. The number of anilines is 1. The van der Waals surface area contributed by atoms with Crippen molar-refractivity contribution >= 4 is 23.5 Å². The lowest BCUT2D eigenvalue weighted by Crippen LogP contribution is -2.14. The molecule has 0 saturated heterocycles. The quantitative estimate of drug-likeness (QED) is 0.407. The van der Waals surface area contributed by atoms with E-state index in [1.165, 1.54) is 0 Å². The second-order valence-corrected chi connectivity index (χ2v) is 7.52. The summed E-state index contributed by atoms with van der Waals surface area (Å²) in [5.41, 5.74) is 3.30. The Balaban J connectivity index is 1.36. The van der Waals surface area contributed by atoms with E-state index in [0.29, 0.717) is 17.1 Å². The number of ether oxygens (including phenoxy) is 3. The number of Topliss-reactive ketones (excluding diaryl/α,β-unsaturated/α-hetero) is 1. The van der Waals surface area contributed by atoms with Crippen molar-refractivity contribution < 1.29 is 23.8 Å². The molecule has 3 aromatic carbocycles. The minimum atomic E-state index is -0.479. The molecule has 0 aliphatic carbocycles. The summed E-state index contributed by atoms with van der Waals surface area (Å²) in [5.74, 6) is 0.404. The number of ketones is 1. The summed E-state index contributed by atoms with van der Waals surface area (Å²) in [4.78, 5) is 26.6. The highest BCUT2D eigenvalue weighted by molar-refractivity contribution is 6.14. The summed E-state index contributed by atoms with van der Waals surface area (Å²) < 4.78 is 16.5. The van der Waals surface area contributed by atoms with Crippen molar-refractivity contribution in [3.8, 4) is 11.5 Å². The zero-order chi connectivity index (χ0) is 22.5. The van der Waals surface area contributed by atoms with Gasteiger partial charge < -0.3 is 19.1 Å². The number of hydrogen-bond donors (Lipinski definition) is 0. The largest absolute Gasteiger partial charge is 0.482 e. The van der Waals surface area contributed by atoms with Gasteiger partial charge in [-0.15, -0.1) is 0 Å². The van der Waals surface area contributed by atoms with Crippen LogP contribution in [0, 0.1) is 0 Å². The van der Waals surface area contributed by atoms with Gasteiger partial charge >= 0.3 is 5.97 Å². The second-order valence-electron chi connectivity index (χ2n) is 7.52. The van der Waals surface area contributed by atoms with Gasteiger partial charge in [0.2, 0.25) is 5.78 Å². The van der Waals surface area contributed by atoms with Gasteiger partial charge in [0.25, 0.3) is 0 Å². The molecule has 162 valence electrons. The number of carbonyl (C=O) groups is 2. The van der Waals surface area contributed by atoms with Gasteiger partial charge in [0.15, 0.2) is 12.4 Å². The SMILES string of the molecule is CN(C)c1ccc(/C=C2\Oc3cc(OCC(=O)OCc4ccccc4)ccc3C2=O)cc1. The van der Waals surface area contributed by atoms with Crippen LogP contribution in [0.5, 0.6) is 11.5 Å². The lowest BCUT2D eigenvalue weighted by Gasteiger charge is -2.11. The van der Waals surface area contributed by atoms with Gasteiger partial charge in [-0.2, -0.15) is 0 Å². The van der Waals surface area contributed by atoms with Crippen LogP contribution in [0.4, 0.5) is 5.69 Å². The third-order valence-electron chi connectivity index (χ3n) is 4.95. The maximum atomic E-state index is 12.7. The highest BCUT2D eigenvalue weighted by atomic mass is 16.6. The number of carbonyl (C=O) groups excluding carboxylic acids is 2. The van der Waals surface area contributed by atoms with Gasteiger partial charge in [-0.1, -0.05) is 42.5 Å². The van der Waals surface area contributed by atoms with Crippen LogP contribution in [-0.4, -0.2) is 32.5 Å². The fraction of sp³-hybridized carbons (Fsp3) is 0.154. The average molecular weight is 429 g/mol. The number of rotatable bonds is 7. The van der Waals surface area contributed by atoms with E-state index in [4.69, 9.17) is 14.2 Å². The third-order valence-corrected chi connectivity index (χ3v) is 4.95. The van der Waals surface area contributed by atoms with E-state index in [0.717, 1.165) is 16.8 Å². The Hall–Kier alpha value is -4.06. The molecule has 0 N–H and O–H groups in total. The summed E-state index contributed by atoms with van der Waals surface area (Å²) >= 11 is 0. The average Bonchev–Trinajstić information content (AvgIpc) is 3.11. The fourth-order valence-corrected chi connectivity index (χ4v) is 3.20. The van der Waals surface area contributed by atoms with Crippen molar-refractivity contribution in [1.29, 1.82) is 0 Å². The fourth-order valence-electron chi connectivity index (χ4n) is 3.20. The number of hydrogen-bond acceptors (Lipinski definition) is 6. The zero-order valence-electron chi connectivity index (χ0n) is 17.9. The summed E-state index contributed by atoms with van der Waals surface area (Å²) in [6.07, 6.45) is 1.71. The standard InChI is InChI=1S/C26H23NO5/c1-27(2)20-10-8-18(9-11-20)14-24-26(29)22-13-12-21(15-23(22)32-24)30-17-25(28)31-16-19-6-4-3-5-7-19/h3-15H,16-17H2,1-2H3/b24-14-. The topological polar surface area (TPSA) is 65.1 Å². The Labute approximate surface area is 186 Å². The van der Waals surface area contributed by atoms with Crippen LogP contribution >= 0.6 is 0 Å². The Kier molecular flexibility index (Phi) is 6.22. The molecule has 1 heterocycles. The van der Waals surface area contributed by atoms with E-state index in [9.17, 15) is 9.59 Å².